The molecule has 4 N–H and O–H groups in total. The molecular formula is C24H40O5. The highest BCUT2D eigenvalue weighted by Crippen LogP contribution is 2.68. The molecule has 4 aliphatic rings. The molecule has 1 unspecified atom stereocenters. The fourth-order valence-electron chi connectivity index (χ4n) is 8.80. The fourth-order valence-corrected chi connectivity index (χ4v) is 8.80. The zero-order valence-electron chi connectivity index (χ0n) is 18.3. The van der Waals surface area contributed by atoms with Crippen LogP contribution in [0.2, 0.25) is 0 Å². The van der Waals surface area contributed by atoms with E-state index in [9.17, 15) is 20.1 Å². The second-order valence-electron chi connectivity index (χ2n) is 11.4. The van der Waals surface area contributed by atoms with Gasteiger partial charge in [0.2, 0.25) is 0 Å². The van der Waals surface area contributed by atoms with Crippen LogP contribution in [0.5, 0.6) is 0 Å². The van der Waals surface area contributed by atoms with Gasteiger partial charge in [0.05, 0.1) is 18.3 Å². The van der Waals surface area contributed by atoms with Crippen LogP contribution in [-0.2, 0) is 4.79 Å². The molecule has 0 spiro atoms. The number of rotatable bonds is 4. The van der Waals surface area contributed by atoms with E-state index >= 15 is 0 Å². The van der Waals surface area contributed by atoms with Gasteiger partial charge < -0.3 is 20.4 Å². The third-order valence-electron chi connectivity index (χ3n) is 10.3. The standard InChI is InChI=1S/C24H40O5/c1-13(4-7-21(28)29)16-5-6-17-22-18(8-9-23(16,17)2)24(3)14(11-19(22)26)10-15(25)12-20(24)27/h13-20,22,25-27H,4-12H2,1-3H3,(H,28,29)/t13-,14?,15+,16-,17+,18+,19-,20-,22+,23-,24+/m1/s1. The minimum atomic E-state index is -0.713. The van der Waals surface area contributed by atoms with Gasteiger partial charge in [-0.05, 0) is 97.7 Å². The molecule has 4 aliphatic carbocycles. The smallest absolute Gasteiger partial charge is 0.303 e. The molecule has 0 heterocycles. The molecule has 166 valence electrons. The minimum absolute atomic E-state index is 0.155. The molecule has 5 nitrogen and oxygen atoms in total. The van der Waals surface area contributed by atoms with E-state index in [-0.39, 0.29) is 35.2 Å². The van der Waals surface area contributed by atoms with Crippen LogP contribution in [0, 0.1) is 46.3 Å². The predicted octanol–water partition coefficient (Wildman–Crippen LogP) is 3.45. The molecule has 0 saturated heterocycles. The number of fused-ring (bicyclic) bond motifs is 5. The maximum atomic E-state index is 11.3. The molecular weight excluding hydrogens is 368 g/mol. The summed E-state index contributed by atoms with van der Waals surface area (Å²) in [5, 5.41) is 41.6. The van der Waals surface area contributed by atoms with Crippen LogP contribution in [0.25, 0.3) is 0 Å². The highest BCUT2D eigenvalue weighted by atomic mass is 16.4. The van der Waals surface area contributed by atoms with Crippen molar-refractivity contribution in [2.75, 3.05) is 0 Å². The summed E-state index contributed by atoms with van der Waals surface area (Å²) in [4.78, 5) is 11.1. The fraction of sp³-hybridized carbons (Fsp3) is 0.958. The Morgan fingerprint density at radius 2 is 1.76 bits per heavy atom. The molecule has 5 heteroatoms. The molecule has 4 rings (SSSR count). The van der Waals surface area contributed by atoms with E-state index in [0.717, 1.165) is 32.1 Å². The van der Waals surface area contributed by atoms with Crippen molar-refractivity contribution < 1.29 is 25.2 Å². The summed E-state index contributed by atoms with van der Waals surface area (Å²) in [6.07, 6.45) is 5.88. The van der Waals surface area contributed by atoms with E-state index in [1.165, 1.54) is 0 Å². The van der Waals surface area contributed by atoms with Crippen molar-refractivity contribution in [1.82, 2.24) is 0 Å². The van der Waals surface area contributed by atoms with Crippen LogP contribution in [0.1, 0.15) is 78.6 Å². The van der Waals surface area contributed by atoms with Crippen LogP contribution in [-0.4, -0.2) is 44.7 Å². The Bertz CT molecular complexity index is 637. The first kappa shape index (κ1) is 21.6. The van der Waals surface area contributed by atoms with Crippen molar-refractivity contribution in [1.29, 1.82) is 0 Å². The molecule has 0 radical (unpaired) electrons. The van der Waals surface area contributed by atoms with Gasteiger partial charge in [0, 0.05) is 6.42 Å². The molecule has 4 fully saturated rings. The lowest BCUT2D eigenvalue weighted by Gasteiger charge is -2.63. The predicted molar refractivity (Wildman–Crippen MR) is 110 cm³/mol. The first-order chi connectivity index (χ1) is 13.6. The second-order valence-corrected chi connectivity index (χ2v) is 11.4. The van der Waals surface area contributed by atoms with Crippen molar-refractivity contribution >= 4 is 5.97 Å². The Morgan fingerprint density at radius 1 is 1.03 bits per heavy atom. The van der Waals surface area contributed by atoms with Crippen LogP contribution in [0.15, 0.2) is 0 Å². The van der Waals surface area contributed by atoms with E-state index in [4.69, 9.17) is 5.11 Å². The van der Waals surface area contributed by atoms with Crippen molar-refractivity contribution in [2.45, 2.75) is 96.9 Å². The van der Waals surface area contributed by atoms with Crippen LogP contribution < -0.4 is 0 Å². The normalized spacial score (nSPS) is 52.9. The second kappa shape index (κ2) is 7.49. The molecule has 0 bridgehead atoms. The average Bonchev–Trinajstić information content (AvgIpc) is 2.99. The molecule has 0 amide bonds. The lowest BCUT2D eigenvalue weighted by Crippen LogP contribution is -2.62. The topological polar surface area (TPSA) is 98.0 Å². The van der Waals surface area contributed by atoms with Gasteiger partial charge in [-0.3, -0.25) is 4.79 Å². The molecule has 0 aromatic rings. The Balaban J connectivity index is 1.58. The van der Waals surface area contributed by atoms with Gasteiger partial charge in [0.25, 0.3) is 0 Å². The number of aliphatic hydroxyl groups excluding tert-OH is 3. The molecule has 0 aromatic carbocycles. The minimum Gasteiger partial charge on any atom is -0.481 e. The highest BCUT2D eigenvalue weighted by Gasteiger charge is 2.64. The van der Waals surface area contributed by atoms with Gasteiger partial charge in [0.1, 0.15) is 0 Å². The number of carboxylic acids is 1. The number of carboxylic acid groups (broad SMARTS) is 1. The van der Waals surface area contributed by atoms with E-state index in [2.05, 4.69) is 20.8 Å². The van der Waals surface area contributed by atoms with Crippen LogP contribution >= 0.6 is 0 Å². The van der Waals surface area contributed by atoms with E-state index in [0.29, 0.717) is 42.9 Å². The number of aliphatic carboxylic acids is 1. The van der Waals surface area contributed by atoms with Gasteiger partial charge in [-0.2, -0.15) is 0 Å². The maximum Gasteiger partial charge on any atom is 0.303 e. The monoisotopic (exact) mass is 408 g/mol. The summed E-state index contributed by atoms with van der Waals surface area (Å²) in [6, 6.07) is 0. The molecule has 4 saturated carbocycles. The van der Waals surface area contributed by atoms with Crippen molar-refractivity contribution in [3.63, 3.8) is 0 Å². The molecule has 0 aliphatic heterocycles. The first-order valence-corrected chi connectivity index (χ1v) is 11.8. The number of aliphatic hydroxyl groups is 3. The number of hydrogen-bond acceptors (Lipinski definition) is 4. The summed E-state index contributed by atoms with van der Waals surface area (Å²) in [5.74, 6) is 1.36. The summed E-state index contributed by atoms with van der Waals surface area (Å²) in [5.41, 5.74) is -0.0557. The summed E-state index contributed by atoms with van der Waals surface area (Å²) in [7, 11) is 0. The lowest BCUT2D eigenvalue weighted by molar-refractivity contribution is -0.212. The SMILES string of the molecule is C[C@H](CCC(=O)O)[C@H]1CC[C@H]2[C@@H]3[C@H](O)CC4C[C@H](O)C[C@@H](O)[C@]4(C)[C@H]3CC[C@]12C. The number of carbonyl (C=O) groups is 1. The molecule has 11 atom stereocenters. The largest absolute Gasteiger partial charge is 0.481 e. The Kier molecular flexibility index (Phi) is 5.57. The van der Waals surface area contributed by atoms with E-state index < -0.39 is 18.2 Å². The summed E-state index contributed by atoms with van der Waals surface area (Å²) >= 11 is 0. The van der Waals surface area contributed by atoms with Gasteiger partial charge in [-0.25, -0.2) is 0 Å². The van der Waals surface area contributed by atoms with Crippen molar-refractivity contribution in [3.8, 4) is 0 Å². The molecule has 29 heavy (non-hydrogen) atoms. The third-order valence-corrected chi connectivity index (χ3v) is 10.3. The van der Waals surface area contributed by atoms with E-state index in [1.54, 1.807) is 0 Å². The maximum absolute atomic E-state index is 11.3. The Morgan fingerprint density at radius 3 is 2.45 bits per heavy atom. The first-order valence-electron chi connectivity index (χ1n) is 11.8. The van der Waals surface area contributed by atoms with Crippen molar-refractivity contribution in [2.24, 2.45) is 46.3 Å². The van der Waals surface area contributed by atoms with Gasteiger partial charge in [0.15, 0.2) is 0 Å². The zero-order valence-corrected chi connectivity index (χ0v) is 18.3. The Labute approximate surface area is 174 Å². The van der Waals surface area contributed by atoms with Gasteiger partial charge in [-0.1, -0.05) is 20.8 Å². The van der Waals surface area contributed by atoms with E-state index in [1.807, 2.05) is 0 Å². The van der Waals surface area contributed by atoms with Crippen molar-refractivity contribution in [3.05, 3.63) is 0 Å². The van der Waals surface area contributed by atoms with Gasteiger partial charge in [-0.15, -0.1) is 0 Å². The number of hydrogen-bond donors (Lipinski definition) is 4. The third kappa shape index (κ3) is 3.27. The average molecular weight is 409 g/mol. The lowest BCUT2D eigenvalue weighted by atomic mass is 9.43. The van der Waals surface area contributed by atoms with Crippen LogP contribution in [0.4, 0.5) is 0 Å². The van der Waals surface area contributed by atoms with Gasteiger partial charge >= 0.3 is 5.97 Å². The quantitative estimate of drug-likeness (QED) is 0.571. The van der Waals surface area contributed by atoms with Crippen LogP contribution in [0.3, 0.4) is 0 Å². The Hall–Kier alpha value is -0.650. The summed E-state index contributed by atoms with van der Waals surface area (Å²) < 4.78 is 0. The summed E-state index contributed by atoms with van der Waals surface area (Å²) in [6.45, 7) is 6.83. The zero-order chi connectivity index (χ0) is 21.1. The highest BCUT2D eigenvalue weighted by molar-refractivity contribution is 5.66. The molecule has 0 aromatic heterocycles.